The third-order valence-electron chi connectivity index (χ3n) is 3.28. The highest BCUT2D eigenvalue weighted by atomic mass is 16.5. The second-order valence-corrected chi connectivity index (χ2v) is 5.05. The summed E-state index contributed by atoms with van der Waals surface area (Å²) >= 11 is 0. The minimum atomic E-state index is 0.783. The van der Waals surface area contributed by atoms with Crippen molar-refractivity contribution in [3.05, 3.63) is 29.8 Å². The predicted molar refractivity (Wildman–Crippen MR) is 64.5 cm³/mol. The van der Waals surface area contributed by atoms with Crippen molar-refractivity contribution in [3.63, 3.8) is 0 Å². The van der Waals surface area contributed by atoms with E-state index < -0.39 is 0 Å². The molecule has 1 aromatic carbocycles. The van der Waals surface area contributed by atoms with E-state index in [1.165, 1.54) is 31.2 Å². The van der Waals surface area contributed by atoms with Crippen molar-refractivity contribution in [2.75, 3.05) is 6.61 Å². The Hall–Kier alpha value is -1.02. The van der Waals surface area contributed by atoms with Crippen LogP contribution in [0.25, 0.3) is 0 Å². The van der Waals surface area contributed by atoms with Crippen molar-refractivity contribution in [2.24, 2.45) is 5.92 Å². The average Bonchev–Trinajstić information content (AvgIpc) is 3.17. The van der Waals surface area contributed by atoms with Crippen LogP contribution in [0.3, 0.4) is 0 Å². The lowest BCUT2D eigenvalue weighted by Gasteiger charge is -2.07. The van der Waals surface area contributed by atoms with Gasteiger partial charge in [-0.15, -0.1) is 0 Å². The van der Waals surface area contributed by atoms with Gasteiger partial charge in [-0.3, -0.25) is 0 Å². The minimum absolute atomic E-state index is 0.783. The molecule has 2 fully saturated rings. The molecule has 2 aliphatic carbocycles. The fourth-order valence-corrected chi connectivity index (χ4v) is 1.75. The molecule has 2 saturated carbocycles. The fraction of sp³-hybridized carbons (Fsp3) is 0.571. The maximum absolute atomic E-state index is 5.70. The molecule has 86 valence electrons. The molecule has 0 radical (unpaired) electrons. The summed E-state index contributed by atoms with van der Waals surface area (Å²) < 4.78 is 5.70. The van der Waals surface area contributed by atoms with E-state index in [0.29, 0.717) is 0 Å². The van der Waals surface area contributed by atoms with E-state index in [2.05, 4.69) is 29.6 Å². The maximum atomic E-state index is 5.70. The summed E-state index contributed by atoms with van der Waals surface area (Å²) in [5.41, 5.74) is 1.35. The molecule has 2 nitrogen and oxygen atoms in total. The van der Waals surface area contributed by atoms with E-state index in [1.54, 1.807) is 0 Å². The van der Waals surface area contributed by atoms with Crippen molar-refractivity contribution in [2.45, 2.75) is 38.3 Å². The largest absolute Gasteiger partial charge is 0.493 e. The molecule has 0 spiro atoms. The third kappa shape index (κ3) is 2.99. The monoisotopic (exact) mass is 217 g/mol. The van der Waals surface area contributed by atoms with E-state index in [9.17, 15) is 0 Å². The second-order valence-electron chi connectivity index (χ2n) is 5.05. The number of rotatable bonds is 6. The topological polar surface area (TPSA) is 21.3 Å². The predicted octanol–water partition coefficient (Wildman–Crippen LogP) is 2.73. The molecule has 0 bridgehead atoms. The van der Waals surface area contributed by atoms with Crippen LogP contribution in [-0.4, -0.2) is 12.6 Å². The third-order valence-corrected chi connectivity index (χ3v) is 3.28. The number of benzene rings is 1. The SMILES string of the molecule is c1cc(OCC2CC2)ccc1CNC1CC1. The summed E-state index contributed by atoms with van der Waals surface area (Å²) in [6.45, 7) is 1.90. The fourth-order valence-electron chi connectivity index (χ4n) is 1.75. The molecule has 0 aromatic heterocycles. The Morgan fingerprint density at radius 2 is 1.81 bits per heavy atom. The van der Waals surface area contributed by atoms with Crippen molar-refractivity contribution in [1.82, 2.24) is 5.32 Å². The van der Waals surface area contributed by atoms with Crippen LogP contribution in [-0.2, 0) is 6.54 Å². The van der Waals surface area contributed by atoms with Crippen LogP contribution in [0.2, 0.25) is 0 Å². The highest BCUT2D eigenvalue weighted by Crippen LogP contribution is 2.29. The highest BCUT2D eigenvalue weighted by molar-refractivity contribution is 5.27. The van der Waals surface area contributed by atoms with E-state index >= 15 is 0 Å². The molecule has 0 atom stereocenters. The van der Waals surface area contributed by atoms with Crippen LogP contribution in [0.15, 0.2) is 24.3 Å². The number of hydrogen-bond donors (Lipinski definition) is 1. The van der Waals surface area contributed by atoms with Crippen LogP contribution < -0.4 is 10.1 Å². The molecule has 1 N–H and O–H groups in total. The summed E-state index contributed by atoms with van der Waals surface area (Å²) in [4.78, 5) is 0. The Labute approximate surface area is 97.0 Å². The van der Waals surface area contributed by atoms with Gasteiger partial charge in [-0.05, 0) is 49.3 Å². The van der Waals surface area contributed by atoms with Gasteiger partial charge in [-0.2, -0.15) is 0 Å². The Balaban J connectivity index is 1.47. The minimum Gasteiger partial charge on any atom is -0.493 e. The maximum Gasteiger partial charge on any atom is 0.119 e. The molecular weight excluding hydrogens is 198 g/mol. The normalized spacial score (nSPS) is 19.8. The first-order valence-electron chi connectivity index (χ1n) is 6.35. The van der Waals surface area contributed by atoms with Gasteiger partial charge in [0.1, 0.15) is 5.75 Å². The van der Waals surface area contributed by atoms with Crippen molar-refractivity contribution in [3.8, 4) is 5.75 Å². The Bertz CT molecular complexity index is 303. The lowest BCUT2D eigenvalue weighted by Crippen LogP contribution is -2.15. The van der Waals surface area contributed by atoms with Crippen molar-refractivity contribution >= 4 is 0 Å². The molecule has 0 amide bonds. The molecule has 0 unspecified atom stereocenters. The first-order chi connectivity index (χ1) is 7.90. The van der Waals surface area contributed by atoms with Gasteiger partial charge < -0.3 is 10.1 Å². The zero-order valence-electron chi connectivity index (χ0n) is 9.61. The molecule has 3 rings (SSSR count). The molecule has 0 saturated heterocycles. The summed E-state index contributed by atoms with van der Waals surface area (Å²) in [6, 6.07) is 9.29. The van der Waals surface area contributed by atoms with Gasteiger partial charge in [0.15, 0.2) is 0 Å². The van der Waals surface area contributed by atoms with Gasteiger partial charge in [0.2, 0.25) is 0 Å². The van der Waals surface area contributed by atoms with E-state index in [0.717, 1.165) is 30.9 Å². The Morgan fingerprint density at radius 3 is 2.44 bits per heavy atom. The zero-order valence-corrected chi connectivity index (χ0v) is 9.61. The van der Waals surface area contributed by atoms with Crippen molar-refractivity contribution < 1.29 is 4.74 Å². The number of ether oxygens (including phenoxy) is 1. The highest BCUT2D eigenvalue weighted by Gasteiger charge is 2.22. The van der Waals surface area contributed by atoms with Crippen molar-refractivity contribution in [1.29, 1.82) is 0 Å². The van der Waals surface area contributed by atoms with Crippen LogP contribution >= 0.6 is 0 Å². The lowest BCUT2D eigenvalue weighted by molar-refractivity contribution is 0.299. The van der Waals surface area contributed by atoms with Gasteiger partial charge in [0.25, 0.3) is 0 Å². The average molecular weight is 217 g/mol. The first kappa shape index (κ1) is 10.2. The zero-order chi connectivity index (χ0) is 10.8. The van der Waals surface area contributed by atoms with Crippen LogP contribution in [0, 0.1) is 5.92 Å². The van der Waals surface area contributed by atoms with Crippen LogP contribution in [0.5, 0.6) is 5.75 Å². The summed E-state index contributed by atoms with van der Waals surface area (Å²) in [6.07, 6.45) is 5.40. The number of hydrogen-bond acceptors (Lipinski definition) is 2. The van der Waals surface area contributed by atoms with Crippen LogP contribution in [0.1, 0.15) is 31.2 Å². The smallest absolute Gasteiger partial charge is 0.119 e. The quantitative estimate of drug-likeness (QED) is 0.791. The summed E-state index contributed by atoms with van der Waals surface area (Å²) in [7, 11) is 0. The van der Waals surface area contributed by atoms with Gasteiger partial charge in [0, 0.05) is 12.6 Å². The molecule has 2 aliphatic rings. The molecule has 1 aromatic rings. The van der Waals surface area contributed by atoms with Crippen LogP contribution in [0.4, 0.5) is 0 Å². The van der Waals surface area contributed by atoms with Gasteiger partial charge in [-0.1, -0.05) is 12.1 Å². The first-order valence-corrected chi connectivity index (χ1v) is 6.35. The lowest BCUT2D eigenvalue weighted by atomic mass is 10.2. The Morgan fingerprint density at radius 1 is 1.06 bits per heavy atom. The van der Waals surface area contributed by atoms with E-state index in [-0.39, 0.29) is 0 Å². The summed E-state index contributed by atoms with van der Waals surface area (Å²) in [5.74, 6) is 1.85. The molecule has 2 heteroatoms. The second kappa shape index (κ2) is 4.46. The molecular formula is C14H19NO. The van der Waals surface area contributed by atoms with Gasteiger partial charge >= 0.3 is 0 Å². The standard InChI is InChI=1S/C14H19NO/c1-2-12(1)10-16-14-7-3-11(4-8-14)9-15-13-5-6-13/h3-4,7-8,12-13,15H,1-2,5-6,9-10H2. The molecule has 16 heavy (non-hydrogen) atoms. The molecule has 0 heterocycles. The van der Waals surface area contributed by atoms with E-state index in [4.69, 9.17) is 4.74 Å². The van der Waals surface area contributed by atoms with E-state index in [1.807, 2.05) is 0 Å². The van der Waals surface area contributed by atoms with Gasteiger partial charge in [0.05, 0.1) is 6.61 Å². The summed E-state index contributed by atoms with van der Waals surface area (Å²) in [5, 5.41) is 3.51. The number of nitrogens with one attached hydrogen (secondary N) is 1. The molecule has 0 aliphatic heterocycles. The van der Waals surface area contributed by atoms with Gasteiger partial charge in [-0.25, -0.2) is 0 Å². The Kier molecular flexibility index (Phi) is 2.83.